The van der Waals surface area contributed by atoms with E-state index in [2.05, 4.69) is 5.09 Å². The number of aromatic nitrogens is 2. The number of aliphatic hydroxyl groups is 1. The van der Waals surface area contributed by atoms with Crippen LogP contribution < -0.4 is 20.9 Å². The van der Waals surface area contributed by atoms with Crippen LogP contribution in [0.15, 0.2) is 58.3 Å². The van der Waals surface area contributed by atoms with Crippen molar-refractivity contribution in [2.24, 2.45) is 5.41 Å². The maximum absolute atomic E-state index is 14.0. The van der Waals surface area contributed by atoms with Crippen molar-refractivity contribution in [3.8, 4) is 5.75 Å². The van der Waals surface area contributed by atoms with Gasteiger partial charge in [-0.25, -0.2) is 9.36 Å². The molecule has 0 saturated carbocycles. The zero-order chi connectivity index (χ0) is 29.9. The van der Waals surface area contributed by atoms with Crippen LogP contribution in [0.25, 0.3) is 10.8 Å². The lowest BCUT2D eigenvalue weighted by atomic mass is 9.99. The van der Waals surface area contributed by atoms with Crippen LogP contribution in [0.5, 0.6) is 5.75 Å². The second-order valence-corrected chi connectivity index (χ2v) is 12.7. The maximum atomic E-state index is 14.0. The summed E-state index contributed by atoms with van der Waals surface area (Å²) in [5.41, 5.74) is -2.40. The Bertz CT molecular complexity index is 1560. The topological polar surface area (TPSA) is 158 Å². The molecular weight excluding hydrogens is 560 g/mol. The number of nitrogens with one attached hydrogen (secondary N) is 2. The Morgan fingerprint density at radius 3 is 2.68 bits per heavy atom. The molecule has 1 unspecified atom stereocenters. The highest BCUT2D eigenvalue weighted by Crippen LogP contribution is 2.47. The third kappa shape index (κ3) is 7.69. The van der Waals surface area contributed by atoms with Crippen LogP contribution in [-0.2, 0) is 23.4 Å². The Balaban J connectivity index is 1.54. The fraction of sp³-hybridized carbons (Fsp3) is 0.444. The lowest BCUT2D eigenvalue weighted by molar-refractivity contribution is -0.148. The zero-order valence-corrected chi connectivity index (χ0v) is 23.9. The van der Waals surface area contributed by atoms with Crippen LogP contribution in [0, 0.1) is 11.2 Å². The molecule has 41 heavy (non-hydrogen) atoms. The summed E-state index contributed by atoms with van der Waals surface area (Å²) in [6.45, 7) is 6.77. The predicted octanol–water partition coefficient (Wildman–Crippen LogP) is 3.25. The van der Waals surface area contributed by atoms with Gasteiger partial charge in [0.25, 0.3) is 5.56 Å². The van der Waals surface area contributed by atoms with Gasteiger partial charge in [-0.3, -0.25) is 23.7 Å². The van der Waals surface area contributed by atoms with E-state index in [9.17, 15) is 28.4 Å². The molecule has 2 heterocycles. The van der Waals surface area contributed by atoms with Gasteiger partial charge in [-0.15, -0.1) is 0 Å². The van der Waals surface area contributed by atoms with Crippen molar-refractivity contribution in [1.29, 1.82) is 0 Å². The van der Waals surface area contributed by atoms with E-state index in [1.165, 1.54) is 6.92 Å². The van der Waals surface area contributed by atoms with E-state index in [4.69, 9.17) is 18.5 Å². The largest absolute Gasteiger partial charge is 0.464 e. The smallest absolute Gasteiger partial charge is 0.459 e. The van der Waals surface area contributed by atoms with E-state index in [1.807, 2.05) is 44.0 Å². The average molecular weight is 594 g/mol. The second-order valence-electron chi connectivity index (χ2n) is 11.0. The molecule has 0 radical (unpaired) electrons. The van der Waals surface area contributed by atoms with Crippen molar-refractivity contribution in [3.63, 3.8) is 0 Å². The molecular formula is C27H33FN3O9P. The van der Waals surface area contributed by atoms with Gasteiger partial charge in [0, 0.05) is 11.8 Å². The van der Waals surface area contributed by atoms with Gasteiger partial charge >= 0.3 is 19.4 Å². The van der Waals surface area contributed by atoms with Crippen LogP contribution in [0.3, 0.4) is 0 Å². The van der Waals surface area contributed by atoms with Crippen LogP contribution >= 0.6 is 7.75 Å². The highest BCUT2D eigenvalue weighted by Gasteiger charge is 2.40. The molecule has 1 saturated heterocycles. The van der Waals surface area contributed by atoms with Gasteiger partial charge in [0.2, 0.25) is 5.82 Å². The summed E-state index contributed by atoms with van der Waals surface area (Å²) < 4.78 is 51.2. The third-order valence-corrected chi connectivity index (χ3v) is 7.80. The van der Waals surface area contributed by atoms with Gasteiger partial charge in [0.05, 0.1) is 25.5 Å². The Labute approximate surface area is 235 Å². The summed E-state index contributed by atoms with van der Waals surface area (Å²) >= 11 is 0. The minimum Gasteiger partial charge on any atom is -0.464 e. The first-order valence-electron chi connectivity index (χ1n) is 13.0. The molecule has 3 aromatic rings. The first kappa shape index (κ1) is 30.6. The minimum atomic E-state index is -4.33. The van der Waals surface area contributed by atoms with Gasteiger partial charge in [-0.2, -0.15) is 9.48 Å². The van der Waals surface area contributed by atoms with Crippen molar-refractivity contribution in [1.82, 2.24) is 14.6 Å². The summed E-state index contributed by atoms with van der Waals surface area (Å²) in [4.78, 5) is 38.0. The van der Waals surface area contributed by atoms with Crippen molar-refractivity contribution in [2.75, 3.05) is 13.2 Å². The number of benzene rings is 2. The van der Waals surface area contributed by atoms with Crippen LogP contribution in [-0.4, -0.2) is 52.1 Å². The molecule has 14 heteroatoms. The van der Waals surface area contributed by atoms with E-state index in [0.29, 0.717) is 11.6 Å². The number of ether oxygens (including phenoxy) is 2. The van der Waals surface area contributed by atoms with Gasteiger partial charge in [-0.05, 0) is 23.8 Å². The summed E-state index contributed by atoms with van der Waals surface area (Å²) in [5.74, 6) is -1.66. The number of hydrogen-bond acceptors (Lipinski definition) is 9. The number of aliphatic hydroxyl groups excluding tert-OH is 1. The molecule has 2 aromatic carbocycles. The van der Waals surface area contributed by atoms with Crippen molar-refractivity contribution in [2.45, 2.75) is 58.6 Å². The predicted molar refractivity (Wildman–Crippen MR) is 147 cm³/mol. The van der Waals surface area contributed by atoms with Gasteiger partial charge in [-0.1, -0.05) is 57.2 Å². The van der Waals surface area contributed by atoms with E-state index in [1.54, 1.807) is 24.3 Å². The molecule has 0 aliphatic carbocycles. The minimum absolute atomic E-state index is 0.126. The van der Waals surface area contributed by atoms with Gasteiger partial charge in [0.1, 0.15) is 24.1 Å². The van der Waals surface area contributed by atoms with Gasteiger partial charge < -0.3 is 19.1 Å². The third-order valence-electron chi connectivity index (χ3n) is 6.17. The molecule has 222 valence electrons. The molecule has 0 spiro atoms. The molecule has 0 amide bonds. The van der Waals surface area contributed by atoms with E-state index < -0.39 is 61.9 Å². The number of hydrogen-bond donors (Lipinski definition) is 3. The number of halogens is 1. The quantitative estimate of drug-likeness (QED) is 0.235. The Hall–Kier alpha value is -3.35. The van der Waals surface area contributed by atoms with E-state index >= 15 is 0 Å². The second kappa shape index (κ2) is 12.3. The number of carbonyl (C=O) groups excluding carboxylic acids is 1. The molecule has 1 aliphatic heterocycles. The summed E-state index contributed by atoms with van der Waals surface area (Å²) in [6, 6.07) is 11.3. The zero-order valence-electron chi connectivity index (χ0n) is 23.0. The number of H-pyrrole nitrogens is 1. The Morgan fingerprint density at radius 2 is 1.95 bits per heavy atom. The molecule has 4 rings (SSSR count). The lowest BCUT2D eigenvalue weighted by Gasteiger charge is -2.26. The number of fused-ring (bicyclic) bond motifs is 1. The fourth-order valence-corrected chi connectivity index (χ4v) is 5.60. The molecule has 5 atom stereocenters. The summed E-state index contributed by atoms with van der Waals surface area (Å²) in [6.07, 6.45) is -2.91. The SMILES string of the molecule is C[C@H](NP(=O)(OC[C@H]1O[C@@H](n2cc(F)c(=O)[nH]c2=O)C[C@@H]1O)Oc1cccc2ccccc12)C(=O)OCC(C)(C)C. The molecule has 3 N–H and O–H groups in total. The Kier molecular flexibility index (Phi) is 9.15. The number of aromatic amines is 1. The fourth-order valence-electron chi connectivity index (χ4n) is 4.08. The molecule has 1 aromatic heterocycles. The molecule has 1 fully saturated rings. The monoisotopic (exact) mass is 593 g/mol. The van der Waals surface area contributed by atoms with Crippen LogP contribution in [0.2, 0.25) is 0 Å². The summed E-state index contributed by atoms with van der Waals surface area (Å²) in [5, 5.41) is 14.6. The lowest BCUT2D eigenvalue weighted by Crippen LogP contribution is -2.37. The van der Waals surface area contributed by atoms with Crippen molar-refractivity contribution >= 4 is 24.5 Å². The standard InChI is InChI=1S/C27H33FN3O9P/c1-16(25(34)37-15-27(2,3)4)30-41(36,40-21-11-7-9-17-8-5-6-10-18(17)21)38-14-22-20(32)12-23(39-22)31-13-19(28)24(33)29-26(31)35/h5-11,13,16,20,22-23,32H,12,14-15H2,1-4H3,(H,30,36)(H,29,33,35)/t16-,20-,22+,23+,41?/m0/s1. The number of carbonyl (C=O) groups is 1. The number of esters is 1. The van der Waals surface area contributed by atoms with Crippen molar-refractivity contribution in [3.05, 3.63) is 75.3 Å². The summed E-state index contributed by atoms with van der Waals surface area (Å²) in [7, 11) is -4.33. The highest BCUT2D eigenvalue weighted by molar-refractivity contribution is 7.52. The first-order valence-corrected chi connectivity index (χ1v) is 14.5. The molecule has 12 nitrogen and oxygen atoms in total. The maximum Gasteiger partial charge on any atom is 0.459 e. The van der Waals surface area contributed by atoms with E-state index in [-0.39, 0.29) is 24.2 Å². The van der Waals surface area contributed by atoms with Crippen molar-refractivity contribution < 1.29 is 37.4 Å². The Morgan fingerprint density at radius 1 is 1.24 bits per heavy atom. The highest BCUT2D eigenvalue weighted by atomic mass is 31.2. The number of nitrogens with zero attached hydrogens (tertiary/aromatic N) is 1. The number of rotatable bonds is 10. The van der Waals surface area contributed by atoms with Gasteiger partial charge in [0.15, 0.2) is 0 Å². The van der Waals surface area contributed by atoms with E-state index in [0.717, 1.165) is 9.95 Å². The average Bonchev–Trinajstić information content (AvgIpc) is 3.28. The normalized spacial score (nSPS) is 21.4. The van der Waals surface area contributed by atoms with Crippen LogP contribution in [0.1, 0.15) is 40.3 Å². The molecule has 1 aliphatic rings. The van der Waals surface area contributed by atoms with Crippen LogP contribution in [0.4, 0.5) is 4.39 Å². The first-order chi connectivity index (χ1) is 19.2. The molecule has 0 bridgehead atoms.